The molecule has 2 aliphatic rings. The van der Waals surface area contributed by atoms with Crippen LogP contribution in [-0.4, -0.2) is 0 Å². The van der Waals surface area contributed by atoms with E-state index in [9.17, 15) is 0 Å². The predicted molar refractivity (Wildman–Crippen MR) is 241 cm³/mol. The molecule has 0 aliphatic heterocycles. The summed E-state index contributed by atoms with van der Waals surface area (Å²) in [6, 6.07) is 85.1. The van der Waals surface area contributed by atoms with E-state index in [1.807, 2.05) is 0 Å². The first-order chi connectivity index (χ1) is 28.7. The van der Waals surface area contributed by atoms with Gasteiger partial charge in [0.2, 0.25) is 0 Å². The van der Waals surface area contributed by atoms with Crippen LogP contribution >= 0.6 is 0 Å². The van der Waals surface area contributed by atoms with Crippen molar-refractivity contribution in [2.45, 2.75) is 17.8 Å². The minimum Gasteiger partial charge on any atom is -0.310 e. The first-order valence-corrected chi connectivity index (χ1v) is 20.3. The molecule has 0 saturated carbocycles. The van der Waals surface area contributed by atoms with Gasteiger partial charge in [-0.25, -0.2) is 0 Å². The molecule has 274 valence electrons. The molecule has 2 aliphatic carbocycles. The van der Waals surface area contributed by atoms with Crippen LogP contribution in [0.3, 0.4) is 0 Å². The van der Waals surface area contributed by atoms with Gasteiger partial charge in [-0.3, -0.25) is 0 Å². The Kier molecular flexibility index (Phi) is 7.91. The highest BCUT2D eigenvalue weighted by molar-refractivity contribution is 5.97. The Labute approximate surface area is 341 Å². The van der Waals surface area contributed by atoms with Crippen LogP contribution in [0.25, 0.3) is 33.4 Å². The van der Waals surface area contributed by atoms with Crippen molar-refractivity contribution in [1.29, 1.82) is 0 Å². The summed E-state index contributed by atoms with van der Waals surface area (Å²) in [6.45, 7) is 2.40. The van der Waals surface area contributed by atoms with Gasteiger partial charge in [-0.1, -0.05) is 200 Å². The Bertz CT molecular complexity index is 2890. The standard InChI is InChI=1S/C57H41N/c1-56(42-21-8-3-9-22-42)50-29-16-15-28-49(50)55-52(56)31-18-32-54(55)58(45-35-33-41(34-36-45)40-19-6-2-7-20-40)46-37-38-48-47-27-14-17-30-51(47)57(53(48)39-46,43-23-10-4-11-24-43)44-25-12-5-13-26-44/h2-39H,1H3. The highest BCUT2D eigenvalue weighted by atomic mass is 15.1. The molecule has 0 fully saturated rings. The molecule has 0 heterocycles. The number of nitrogens with zero attached hydrogens (tertiary/aromatic N) is 1. The lowest BCUT2D eigenvalue weighted by Gasteiger charge is -2.35. The maximum atomic E-state index is 2.51. The molecule has 0 bridgehead atoms. The van der Waals surface area contributed by atoms with Gasteiger partial charge in [0, 0.05) is 22.4 Å². The molecule has 0 radical (unpaired) electrons. The van der Waals surface area contributed by atoms with E-state index >= 15 is 0 Å². The molecule has 1 nitrogen and oxygen atoms in total. The highest BCUT2D eigenvalue weighted by Gasteiger charge is 2.47. The van der Waals surface area contributed by atoms with E-state index < -0.39 is 5.41 Å². The Hall–Kier alpha value is -7.22. The van der Waals surface area contributed by atoms with Gasteiger partial charge in [-0.2, -0.15) is 0 Å². The summed E-state index contributed by atoms with van der Waals surface area (Å²) in [7, 11) is 0. The van der Waals surface area contributed by atoms with Crippen molar-refractivity contribution >= 4 is 17.1 Å². The summed E-state index contributed by atoms with van der Waals surface area (Å²) in [4.78, 5) is 2.51. The Balaban J connectivity index is 1.19. The van der Waals surface area contributed by atoms with Gasteiger partial charge in [-0.15, -0.1) is 0 Å². The van der Waals surface area contributed by atoms with Gasteiger partial charge >= 0.3 is 0 Å². The molecule has 1 atom stereocenters. The lowest BCUT2D eigenvalue weighted by Crippen LogP contribution is -2.28. The molecular weight excluding hydrogens is 699 g/mol. The smallest absolute Gasteiger partial charge is 0.0714 e. The largest absolute Gasteiger partial charge is 0.310 e. The zero-order valence-corrected chi connectivity index (χ0v) is 32.4. The number of anilines is 3. The van der Waals surface area contributed by atoms with Crippen molar-refractivity contribution in [2.24, 2.45) is 0 Å². The lowest BCUT2D eigenvalue weighted by atomic mass is 9.67. The summed E-state index contributed by atoms with van der Waals surface area (Å²) in [5, 5.41) is 0. The number of rotatable bonds is 7. The zero-order valence-electron chi connectivity index (χ0n) is 32.4. The summed E-state index contributed by atoms with van der Waals surface area (Å²) in [5.74, 6) is 0. The average molecular weight is 740 g/mol. The fraction of sp³-hybridized carbons (Fsp3) is 0.0526. The molecule has 0 N–H and O–H groups in total. The SMILES string of the molecule is CC1(c2ccccc2)c2ccccc2-c2c(N(c3ccc(-c4ccccc4)cc3)c3ccc4c(c3)C(c3ccccc3)(c3ccccc3)c3ccccc3-4)cccc21. The predicted octanol–water partition coefficient (Wildman–Crippen LogP) is 14.5. The second-order valence-corrected chi connectivity index (χ2v) is 15.7. The molecule has 9 aromatic rings. The second-order valence-electron chi connectivity index (χ2n) is 15.7. The quantitative estimate of drug-likeness (QED) is 0.157. The first kappa shape index (κ1) is 34.1. The van der Waals surface area contributed by atoms with E-state index in [-0.39, 0.29) is 5.41 Å². The van der Waals surface area contributed by atoms with E-state index in [2.05, 4.69) is 242 Å². The van der Waals surface area contributed by atoms with Crippen LogP contribution in [0.2, 0.25) is 0 Å². The van der Waals surface area contributed by atoms with Crippen molar-refractivity contribution in [3.8, 4) is 33.4 Å². The summed E-state index contributed by atoms with van der Waals surface area (Å²) in [6.07, 6.45) is 0. The van der Waals surface area contributed by atoms with Crippen LogP contribution in [0.5, 0.6) is 0 Å². The molecule has 58 heavy (non-hydrogen) atoms. The molecule has 1 heteroatoms. The second kappa shape index (κ2) is 13.5. The van der Waals surface area contributed by atoms with Gasteiger partial charge in [0.25, 0.3) is 0 Å². The van der Waals surface area contributed by atoms with Gasteiger partial charge in [-0.05, 0) is 104 Å². The molecular formula is C57H41N. The van der Waals surface area contributed by atoms with Crippen LogP contribution in [0, 0.1) is 0 Å². The Morgan fingerprint density at radius 1 is 0.328 bits per heavy atom. The maximum Gasteiger partial charge on any atom is 0.0714 e. The molecule has 0 aromatic heterocycles. The number of fused-ring (bicyclic) bond motifs is 6. The maximum absolute atomic E-state index is 2.51. The minimum atomic E-state index is -0.510. The van der Waals surface area contributed by atoms with Crippen molar-refractivity contribution < 1.29 is 0 Å². The molecule has 11 rings (SSSR count). The first-order valence-electron chi connectivity index (χ1n) is 20.3. The molecule has 1 unspecified atom stereocenters. The number of hydrogen-bond donors (Lipinski definition) is 0. The van der Waals surface area contributed by atoms with Gasteiger partial charge in [0.15, 0.2) is 0 Å². The topological polar surface area (TPSA) is 3.24 Å². The molecule has 0 amide bonds. The fourth-order valence-electron chi connectivity index (χ4n) is 10.2. The van der Waals surface area contributed by atoms with E-state index in [0.717, 1.165) is 17.1 Å². The van der Waals surface area contributed by atoms with Crippen LogP contribution in [0.15, 0.2) is 231 Å². The van der Waals surface area contributed by atoms with Gasteiger partial charge in [0.05, 0.1) is 11.1 Å². The number of benzene rings is 9. The van der Waals surface area contributed by atoms with Crippen LogP contribution in [-0.2, 0) is 10.8 Å². The lowest BCUT2D eigenvalue weighted by molar-refractivity contribution is 0.714. The van der Waals surface area contributed by atoms with Crippen LogP contribution in [0.1, 0.15) is 45.9 Å². The normalized spacial score (nSPS) is 15.5. The van der Waals surface area contributed by atoms with Crippen molar-refractivity contribution in [3.63, 3.8) is 0 Å². The summed E-state index contributed by atoms with van der Waals surface area (Å²) < 4.78 is 0. The van der Waals surface area contributed by atoms with Crippen molar-refractivity contribution in [2.75, 3.05) is 4.90 Å². The molecule has 9 aromatic carbocycles. The Morgan fingerprint density at radius 2 is 0.810 bits per heavy atom. The summed E-state index contributed by atoms with van der Waals surface area (Å²) >= 11 is 0. The highest BCUT2D eigenvalue weighted by Crippen LogP contribution is 2.59. The minimum absolute atomic E-state index is 0.318. The third kappa shape index (κ3) is 4.96. The average Bonchev–Trinajstić information content (AvgIpc) is 3.75. The molecule has 0 spiro atoms. The molecule has 0 saturated heterocycles. The Morgan fingerprint density at radius 3 is 1.47 bits per heavy atom. The van der Waals surface area contributed by atoms with Gasteiger partial charge < -0.3 is 4.90 Å². The van der Waals surface area contributed by atoms with E-state index in [1.54, 1.807) is 0 Å². The van der Waals surface area contributed by atoms with Crippen molar-refractivity contribution in [1.82, 2.24) is 0 Å². The van der Waals surface area contributed by atoms with Crippen molar-refractivity contribution in [3.05, 3.63) is 269 Å². The van der Waals surface area contributed by atoms with E-state index in [0.29, 0.717) is 0 Å². The van der Waals surface area contributed by atoms with E-state index in [4.69, 9.17) is 0 Å². The monoisotopic (exact) mass is 739 g/mol. The third-order valence-electron chi connectivity index (χ3n) is 12.8. The van der Waals surface area contributed by atoms with E-state index in [1.165, 1.54) is 72.3 Å². The summed E-state index contributed by atoms with van der Waals surface area (Å²) in [5.41, 5.74) is 19.1. The van der Waals surface area contributed by atoms with Crippen LogP contribution in [0.4, 0.5) is 17.1 Å². The third-order valence-corrected chi connectivity index (χ3v) is 12.8. The van der Waals surface area contributed by atoms with Gasteiger partial charge in [0.1, 0.15) is 0 Å². The zero-order chi connectivity index (χ0) is 38.7. The van der Waals surface area contributed by atoms with Crippen LogP contribution < -0.4 is 4.90 Å². The number of hydrogen-bond acceptors (Lipinski definition) is 1. The fourth-order valence-corrected chi connectivity index (χ4v) is 10.2.